The lowest BCUT2D eigenvalue weighted by Crippen LogP contribution is -2.14. The number of carbonyl (C=O) groups excluding carboxylic acids is 1. The van der Waals surface area contributed by atoms with E-state index in [0.29, 0.717) is 5.78 Å². The highest BCUT2D eigenvalue weighted by atomic mass is 16.1. The standard InChI is InChI=1S/C17H33NO/c1-5-7-9-12-16(13-10-8-6-2)17(19)14-11-15-18(3)4/h11,14,16H,5-10,12-13,15H2,1-4H3/b14-11+. The Kier molecular flexibility index (Phi) is 12.0. The largest absolute Gasteiger partial charge is 0.306 e. The van der Waals surface area contributed by atoms with Gasteiger partial charge in [-0.25, -0.2) is 0 Å². The van der Waals surface area contributed by atoms with Crippen LogP contribution in [-0.2, 0) is 4.79 Å². The minimum Gasteiger partial charge on any atom is -0.306 e. The Bertz CT molecular complexity index is 236. The lowest BCUT2D eigenvalue weighted by atomic mass is 9.91. The molecule has 0 fully saturated rings. The molecule has 0 aromatic heterocycles. The molecule has 0 aliphatic heterocycles. The zero-order valence-electron chi connectivity index (χ0n) is 13.5. The molecule has 0 saturated heterocycles. The van der Waals surface area contributed by atoms with Gasteiger partial charge in [-0.2, -0.15) is 0 Å². The topological polar surface area (TPSA) is 20.3 Å². The van der Waals surface area contributed by atoms with Crippen LogP contribution in [-0.4, -0.2) is 31.3 Å². The second-order valence-corrected chi connectivity index (χ2v) is 5.76. The Morgan fingerprint density at radius 2 is 1.53 bits per heavy atom. The lowest BCUT2D eigenvalue weighted by Gasteiger charge is -2.13. The van der Waals surface area contributed by atoms with Crippen LogP contribution < -0.4 is 0 Å². The van der Waals surface area contributed by atoms with Crippen LogP contribution in [0, 0.1) is 5.92 Å². The highest BCUT2D eigenvalue weighted by Crippen LogP contribution is 2.19. The second-order valence-electron chi connectivity index (χ2n) is 5.76. The minimum absolute atomic E-state index is 0.261. The van der Waals surface area contributed by atoms with Gasteiger partial charge in [0.2, 0.25) is 0 Å². The van der Waals surface area contributed by atoms with Gasteiger partial charge < -0.3 is 4.90 Å². The molecule has 0 aromatic rings. The fourth-order valence-corrected chi connectivity index (χ4v) is 2.23. The first-order valence-electron chi connectivity index (χ1n) is 7.96. The molecule has 0 radical (unpaired) electrons. The van der Waals surface area contributed by atoms with Gasteiger partial charge in [0.15, 0.2) is 5.78 Å². The van der Waals surface area contributed by atoms with E-state index in [4.69, 9.17) is 0 Å². The van der Waals surface area contributed by atoms with E-state index in [2.05, 4.69) is 18.7 Å². The predicted molar refractivity (Wildman–Crippen MR) is 84.5 cm³/mol. The summed E-state index contributed by atoms with van der Waals surface area (Å²) in [7, 11) is 4.05. The normalized spacial score (nSPS) is 11.9. The van der Waals surface area contributed by atoms with Crippen LogP contribution in [0.3, 0.4) is 0 Å². The molecule has 112 valence electrons. The molecule has 2 heteroatoms. The third-order valence-corrected chi connectivity index (χ3v) is 3.47. The zero-order valence-corrected chi connectivity index (χ0v) is 13.5. The van der Waals surface area contributed by atoms with Crippen molar-refractivity contribution in [2.45, 2.75) is 65.2 Å². The molecular formula is C17H33NO. The SMILES string of the molecule is CCCCCC(CCCCC)C(=O)/C=C/CN(C)C. The summed E-state index contributed by atoms with van der Waals surface area (Å²) < 4.78 is 0. The van der Waals surface area contributed by atoms with E-state index in [9.17, 15) is 4.79 Å². The van der Waals surface area contributed by atoms with E-state index in [1.807, 2.05) is 26.2 Å². The van der Waals surface area contributed by atoms with Crippen LogP contribution >= 0.6 is 0 Å². The summed E-state index contributed by atoms with van der Waals surface area (Å²) in [5, 5.41) is 0. The summed E-state index contributed by atoms with van der Waals surface area (Å²) in [6, 6.07) is 0. The first-order valence-corrected chi connectivity index (χ1v) is 7.96. The van der Waals surface area contributed by atoms with Crippen molar-refractivity contribution in [3.8, 4) is 0 Å². The van der Waals surface area contributed by atoms with Gasteiger partial charge in [0, 0.05) is 12.5 Å². The van der Waals surface area contributed by atoms with E-state index in [0.717, 1.165) is 19.4 Å². The van der Waals surface area contributed by atoms with Gasteiger partial charge in [-0.05, 0) is 33.0 Å². The summed E-state index contributed by atoms with van der Waals surface area (Å²) in [5.41, 5.74) is 0. The van der Waals surface area contributed by atoms with Crippen LogP contribution in [0.15, 0.2) is 12.2 Å². The number of rotatable bonds is 12. The number of nitrogens with zero attached hydrogens (tertiary/aromatic N) is 1. The van der Waals surface area contributed by atoms with Crippen molar-refractivity contribution in [2.75, 3.05) is 20.6 Å². The Morgan fingerprint density at radius 1 is 1.00 bits per heavy atom. The third kappa shape index (κ3) is 10.9. The number of hydrogen-bond donors (Lipinski definition) is 0. The Morgan fingerprint density at radius 3 is 1.95 bits per heavy atom. The first kappa shape index (κ1) is 18.4. The van der Waals surface area contributed by atoms with E-state index >= 15 is 0 Å². The Balaban J connectivity index is 4.19. The van der Waals surface area contributed by atoms with Crippen LogP contribution in [0.25, 0.3) is 0 Å². The van der Waals surface area contributed by atoms with Crippen LogP contribution in [0.4, 0.5) is 0 Å². The van der Waals surface area contributed by atoms with Gasteiger partial charge in [0.25, 0.3) is 0 Å². The molecule has 0 saturated carbocycles. The predicted octanol–water partition coefficient (Wildman–Crippen LogP) is 4.45. The highest BCUT2D eigenvalue weighted by molar-refractivity contribution is 5.91. The molecule has 0 bridgehead atoms. The minimum atomic E-state index is 0.261. The van der Waals surface area contributed by atoms with Crippen molar-refractivity contribution in [2.24, 2.45) is 5.92 Å². The number of carbonyl (C=O) groups is 1. The summed E-state index contributed by atoms with van der Waals surface area (Å²) in [5.74, 6) is 0.602. The van der Waals surface area contributed by atoms with Crippen LogP contribution in [0.1, 0.15) is 65.2 Å². The maximum atomic E-state index is 12.2. The summed E-state index contributed by atoms with van der Waals surface area (Å²) in [6.45, 7) is 5.28. The third-order valence-electron chi connectivity index (χ3n) is 3.47. The average Bonchev–Trinajstić information content (AvgIpc) is 2.36. The summed E-state index contributed by atoms with van der Waals surface area (Å²) in [6.07, 6.45) is 13.3. The molecule has 0 aliphatic carbocycles. The molecule has 0 N–H and O–H groups in total. The molecule has 2 nitrogen and oxygen atoms in total. The maximum Gasteiger partial charge on any atom is 0.158 e. The summed E-state index contributed by atoms with van der Waals surface area (Å²) >= 11 is 0. The molecule has 0 spiro atoms. The number of ketones is 1. The van der Waals surface area contributed by atoms with Gasteiger partial charge in [0.05, 0.1) is 0 Å². The number of hydrogen-bond acceptors (Lipinski definition) is 2. The average molecular weight is 267 g/mol. The first-order chi connectivity index (χ1) is 9.11. The smallest absolute Gasteiger partial charge is 0.158 e. The van der Waals surface area contributed by atoms with Crippen molar-refractivity contribution < 1.29 is 4.79 Å². The van der Waals surface area contributed by atoms with Gasteiger partial charge in [0.1, 0.15) is 0 Å². The molecule has 0 aromatic carbocycles. The summed E-state index contributed by atoms with van der Waals surface area (Å²) in [4.78, 5) is 14.3. The Hall–Kier alpha value is -0.630. The lowest BCUT2D eigenvalue weighted by molar-refractivity contribution is -0.118. The Labute approximate surface area is 120 Å². The van der Waals surface area contributed by atoms with Crippen molar-refractivity contribution in [1.82, 2.24) is 4.90 Å². The molecular weight excluding hydrogens is 234 g/mol. The van der Waals surface area contributed by atoms with Crippen molar-refractivity contribution >= 4 is 5.78 Å². The molecule has 19 heavy (non-hydrogen) atoms. The zero-order chi connectivity index (χ0) is 14.5. The fraction of sp³-hybridized carbons (Fsp3) is 0.824. The van der Waals surface area contributed by atoms with Crippen LogP contribution in [0.5, 0.6) is 0 Å². The van der Waals surface area contributed by atoms with Crippen molar-refractivity contribution in [3.63, 3.8) is 0 Å². The van der Waals surface area contributed by atoms with Crippen molar-refractivity contribution in [3.05, 3.63) is 12.2 Å². The van der Waals surface area contributed by atoms with Gasteiger partial charge >= 0.3 is 0 Å². The van der Waals surface area contributed by atoms with E-state index < -0.39 is 0 Å². The number of likely N-dealkylation sites (N-methyl/N-ethyl adjacent to an activating group) is 1. The monoisotopic (exact) mass is 267 g/mol. The van der Waals surface area contributed by atoms with Gasteiger partial charge in [-0.1, -0.05) is 58.4 Å². The number of allylic oxidation sites excluding steroid dienone is 1. The van der Waals surface area contributed by atoms with Crippen LogP contribution in [0.2, 0.25) is 0 Å². The van der Waals surface area contributed by atoms with E-state index in [-0.39, 0.29) is 5.92 Å². The quantitative estimate of drug-likeness (QED) is 0.384. The van der Waals surface area contributed by atoms with E-state index in [1.54, 1.807) is 0 Å². The maximum absolute atomic E-state index is 12.2. The molecule has 0 unspecified atom stereocenters. The van der Waals surface area contributed by atoms with Gasteiger partial charge in [-0.3, -0.25) is 4.79 Å². The molecule has 0 heterocycles. The second kappa shape index (κ2) is 12.4. The van der Waals surface area contributed by atoms with E-state index in [1.165, 1.54) is 38.5 Å². The molecule has 0 atom stereocenters. The molecule has 0 amide bonds. The fourth-order valence-electron chi connectivity index (χ4n) is 2.23. The highest BCUT2D eigenvalue weighted by Gasteiger charge is 2.14. The molecule has 0 rings (SSSR count). The van der Waals surface area contributed by atoms with Crippen molar-refractivity contribution in [1.29, 1.82) is 0 Å². The molecule has 0 aliphatic rings. The van der Waals surface area contributed by atoms with Gasteiger partial charge in [-0.15, -0.1) is 0 Å². The number of unbranched alkanes of at least 4 members (excludes halogenated alkanes) is 4.